The minimum absolute atomic E-state index is 0.128. The van der Waals surface area contributed by atoms with Gasteiger partial charge in [-0.15, -0.1) is 0 Å². The molecule has 2 rings (SSSR count). The van der Waals surface area contributed by atoms with Gasteiger partial charge in [-0.25, -0.2) is 4.39 Å². The number of hydrogen-bond donors (Lipinski definition) is 1. The van der Waals surface area contributed by atoms with Gasteiger partial charge in [-0.1, -0.05) is 12.1 Å². The van der Waals surface area contributed by atoms with Gasteiger partial charge in [-0.05, 0) is 37.2 Å². The Morgan fingerprint density at radius 3 is 2.90 bits per heavy atom. The third-order valence-electron chi connectivity index (χ3n) is 3.17. The SMILES string of the molecule is CCNC(COC)Cc1nc(-c2ccc(F)c(C)c2)no1. The molecule has 0 aliphatic carbocycles. The van der Waals surface area contributed by atoms with Gasteiger partial charge in [0.05, 0.1) is 6.61 Å². The van der Waals surface area contributed by atoms with Gasteiger partial charge in [0.2, 0.25) is 11.7 Å². The molecule has 0 amide bonds. The summed E-state index contributed by atoms with van der Waals surface area (Å²) in [5.74, 6) is 0.769. The molecule has 2 aromatic rings. The first-order valence-corrected chi connectivity index (χ1v) is 6.95. The molecule has 5 nitrogen and oxygen atoms in total. The molecule has 0 aliphatic heterocycles. The maximum Gasteiger partial charge on any atom is 0.228 e. The molecule has 0 saturated carbocycles. The Morgan fingerprint density at radius 1 is 1.43 bits per heavy atom. The molecular formula is C15H20FN3O2. The number of aryl methyl sites for hydroxylation is 1. The maximum atomic E-state index is 13.3. The van der Waals surface area contributed by atoms with Gasteiger partial charge in [0, 0.05) is 25.1 Å². The van der Waals surface area contributed by atoms with E-state index in [1.54, 1.807) is 26.2 Å². The fraction of sp³-hybridized carbons (Fsp3) is 0.467. The van der Waals surface area contributed by atoms with Gasteiger partial charge in [0.15, 0.2) is 0 Å². The zero-order chi connectivity index (χ0) is 15.2. The van der Waals surface area contributed by atoms with Gasteiger partial charge < -0.3 is 14.6 Å². The molecule has 114 valence electrons. The van der Waals surface area contributed by atoms with E-state index in [1.165, 1.54) is 6.07 Å². The van der Waals surface area contributed by atoms with Gasteiger partial charge >= 0.3 is 0 Å². The smallest absolute Gasteiger partial charge is 0.228 e. The van der Waals surface area contributed by atoms with Crippen LogP contribution >= 0.6 is 0 Å². The summed E-state index contributed by atoms with van der Waals surface area (Å²) in [6, 6.07) is 4.89. The van der Waals surface area contributed by atoms with E-state index in [1.807, 2.05) is 6.92 Å². The number of rotatable bonds is 7. The minimum atomic E-state index is -0.241. The summed E-state index contributed by atoms with van der Waals surface area (Å²) in [7, 11) is 1.66. The molecule has 0 spiro atoms. The van der Waals surface area contributed by atoms with Crippen LogP contribution in [0, 0.1) is 12.7 Å². The highest BCUT2D eigenvalue weighted by atomic mass is 19.1. The molecule has 1 heterocycles. The summed E-state index contributed by atoms with van der Waals surface area (Å²) in [5.41, 5.74) is 1.31. The van der Waals surface area contributed by atoms with E-state index in [0.717, 1.165) is 12.1 Å². The van der Waals surface area contributed by atoms with Crippen LogP contribution in [0.5, 0.6) is 0 Å². The van der Waals surface area contributed by atoms with Crippen molar-refractivity contribution in [1.82, 2.24) is 15.5 Å². The third-order valence-corrected chi connectivity index (χ3v) is 3.17. The lowest BCUT2D eigenvalue weighted by molar-refractivity contribution is 0.162. The molecule has 0 fully saturated rings. The van der Waals surface area contributed by atoms with Crippen molar-refractivity contribution in [3.63, 3.8) is 0 Å². The lowest BCUT2D eigenvalue weighted by atomic mass is 10.1. The summed E-state index contributed by atoms with van der Waals surface area (Å²) >= 11 is 0. The number of aromatic nitrogens is 2. The summed E-state index contributed by atoms with van der Waals surface area (Å²) in [5, 5.41) is 7.25. The van der Waals surface area contributed by atoms with E-state index >= 15 is 0 Å². The fourth-order valence-corrected chi connectivity index (χ4v) is 2.13. The van der Waals surface area contributed by atoms with Crippen LogP contribution in [-0.2, 0) is 11.2 Å². The molecule has 1 N–H and O–H groups in total. The predicted octanol–water partition coefficient (Wildman–Crippen LogP) is 2.35. The average molecular weight is 293 g/mol. The Kier molecular flexibility index (Phi) is 5.41. The van der Waals surface area contributed by atoms with Crippen LogP contribution in [0.15, 0.2) is 22.7 Å². The Bertz CT molecular complexity index is 580. The Labute approximate surface area is 123 Å². The molecule has 0 aliphatic rings. The summed E-state index contributed by atoms with van der Waals surface area (Å²) < 4.78 is 23.7. The Balaban J connectivity index is 2.11. The highest BCUT2D eigenvalue weighted by molar-refractivity contribution is 5.55. The van der Waals surface area contributed by atoms with Gasteiger partial charge in [-0.2, -0.15) is 4.98 Å². The monoisotopic (exact) mass is 293 g/mol. The first-order valence-electron chi connectivity index (χ1n) is 6.95. The quantitative estimate of drug-likeness (QED) is 0.849. The van der Waals surface area contributed by atoms with Crippen molar-refractivity contribution in [2.75, 3.05) is 20.3 Å². The Hall–Kier alpha value is -1.79. The first kappa shape index (κ1) is 15.6. The van der Waals surface area contributed by atoms with Crippen molar-refractivity contribution in [3.05, 3.63) is 35.5 Å². The summed E-state index contributed by atoms with van der Waals surface area (Å²) in [6.45, 7) is 5.15. The van der Waals surface area contributed by atoms with Crippen molar-refractivity contribution in [1.29, 1.82) is 0 Å². The van der Waals surface area contributed by atoms with E-state index in [2.05, 4.69) is 15.5 Å². The standard InChI is InChI=1S/C15H20FN3O2/c1-4-17-12(9-20-3)8-14-18-15(19-21-14)11-5-6-13(16)10(2)7-11/h5-7,12,17H,4,8-9H2,1-3H3. The van der Waals surface area contributed by atoms with Crippen molar-refractivity contribution < 1.29 is 13.7 Å². The number of methoxy groups -OCH3 is 1. The molecule has 1 unspecified atom stereocenters. The fourth-order valence-electron chi connectivity index (χ4n) is 2.13. The van der Waals surface area contributed by atoms with Gasteiger partial charge in [-0.3, -0.25) is 0 Å². The normalized spacial score (nSPS) is 12.6. The average Bonchev–Trinajstić information content (AvgIpc) is 2.91. The van der Waals surface area contributed by atoms with Crippen molar-refractivity contribution >= 4 is 0 Å². The zero-order valence-corrected chi connectivity index (χ0v) is 12.5. The topological polar surface area (TPSA) is 60.2 Å². The number of ether oxygens (including phenoxy) is 1. The lowest BCUT2D eigenvalue weighted by Gasteiger charge is -2.14. The molecular weight excluding hydrogens is 273 g/mol. The van der Waals surface area contributed by atoms with Crippen molar-refractivity contribution in [2.24, 2.45) is 0 Å². The summed E-state index contributed by atoms with van der Waals surface area (Å²) in [6.07, 6.45) is 0.592. The van der Waals surface area contributed by atoms with Crippen LogP contribution in [0.25, 0.3) is 11.4 Å². The van der Waals surface area contributed by atoms with Crippen molar-refractivity contribution in [3.8, 4) is 11.4 Å². The molecule has 0 radical (unpaired) electrons. The second kappa shape index (κ2) is 7.28. The Morgan fingerprint density at radius 2 is 2.24 bits per heavy atom. The molecule has 21 heavy (non-hydrogen) atoms. The largest absolute Gasteiger partial charge is 0.383 e. The lowest BCUT2D eigenvalue weighted by Crippen LogP contribution is -2.35. The predicted molar refractivity (Wildman–Crippen MR) is 77.5 cm³/mol. The third kappa shape index (κ3) is 4.09. The van der Waals surface area contributed by atoms with Crippen LogP contribution in [0.1, 0.15) is 18.4 Å². The number of halogens is 1. The van der Waals surface area contributed by atoms with Crippen LogP contribution in [0.2, 0.25) is 0 Å². The summed E-state index contributed by atoms with van der Waals surface area (Å²) in [4.78, 5) is 4.36. The highest BCUT2D eigenvalue weighted by Crippen LogP contribution is 2.19. The number of nitrogens with one attached hydrogen (secondary N) is 1. The van der Waals surface area contributed by atoms with E-state index < -0.39 is 0 Å². The van der Waals surface area contributed by atoms with Crippen LogP contribution in [-0.4, -0.2) is 36.4 Å². The second-order valence-corrected chi connectivity index (χ2v) is 4.89. The van der Waals surface area contributed by atoms with Crippen LogP contribution in [0.4, 0.5) is 4.39 Å². The number of likely N-dealkylation sites (N-methyl/N-ethyl adjacent to an activating group) is 1. The molecule has 1 aromatic heterocycles. The van der Waals surface area contributed by atoms with Crippen LogP contribution in [0.3, 0.4) is 0 Å². The number of hydrogen-bond acceptors (Lipinski definition) is 5. The van der Waals surface area contributed by atoms with Gasteiger partial charge in [0.25, 0.3) is 0 Å². The molecule has 1 atom stereocenters. The second-order valence-electron chi connectivity index (χ2n) is 4.89. The molecule has 6 heteroatoms. The van der Waals surface area contributed by atoms with E-state index in [9.17, 15) is 4.39 Å². The van der Waals surface area contributed by atoms with E-state index in [-0.39, 0.29) is 11.9 Å². The van der Waals surface area contributed by atoms with E-state index in [4.69, 9.17) is 9.26 Å². The maximum absolute atomic E-state index is 13.3. The van der Waals surface area contributed by atoms with Crippen molar-refractivity contribution in [2.45, 2.75) is 26.3 Å². The van der Waals surface area contributed by atoms with Gasteiger partial charge in [0.1, 0.15) is 5.82 Å². The first-order chi connectivity index (χ1) is 10.1. The number of nitrogens with zero attached hydrogens (tertiary/aromatic N) is 2. The minimum Gasteiger partial charge on any atom is -0.383 e. The zero-order valence-electron chi connectivity index (χ0n) is 12.5. The number of benzene rings is 1. The highest BCUT2D eigenvalue weighted by Gasteiger charge is 2.15. The van der Waals surface area contributed by atoms with E-state index in [0.29, 0.717) is 30.3 Å². The molecule has 1 aromatic carbocycles. The molecule has 0 bridgehead atoms. The molecule has 0 saturated heterocycles. The van der Waals surface area contributed by atoms with Crippen LogP contribution < -0.4 is 5.32 Å².